The second-order valence-electron chi connectivity index (χ2n) is 4.89. The normalized spacial score (nSPS) is 12.5. The first-order valence-electron chi connectivity index (χ1n) is 7.09. The van der Waals surface area contributed by atoms with Gasteiger partial charge in [-0.3, -0.25) is 0 Å². The van der Waals surface area contributed by atoms with E-state index >= 15 is 0 Å². The summed E-state index contributed by atoms with van der Waals surface area (Å²) in [5.41, 5.74) is 8.94. The maximum absolute atomic E-state index is 6.23. The number of aromatic nitrogens is 1. The van der Waals surface area contributed by atoms with Gasteiger partial charge in [0.05, 0.1) is 6.61 Å². The Bertz CT molecular complexity index is 686. The number of para-hydroxylation sites is 2. The first-order valence-corrected chi connectivity index (χ1v) is 7.09. The molecule has 0 aliphatic carbocycles. The summed E-state index contributed by atoms with van der Waals surface area (Å²) in [7, 11) is 0. The quantitative estimate of drug-likeness (QED) is 0.778. The molecule has 2 aromatic carbocycles. The van der Waals surface area contributed by atoms with Gasteiger partial charge in [0.1, 0.15) is 11.3 Å². The van der Waals surface area contributed by atoms with Crippen LogP contribution < -0.4 is 10.5 Å². The highest BCUT2D eigenvalue weighted by Crippen LogP contribution is 2.21. The lowest BCUT2D eigenvalue weighted by atomic mass is 10.0. The Morgan fingerprint density at radius 1 is 1.14 bits per heavy atom. The summed E-state index contributed by atoms with van der Waals surface area (Å²) < 4.78 is 11.1. The van der Waals surface area contributed by atoms with Crippen LogP contribution >= 0.6 is 0 Å². The molecular formula is C17H18N2O2. The molecule has 0 radical (unpaired) electrons. The summed E-state index contributed by atoms with van der Waals surface area (Å²) in [5, 5.41) is 0. The molecule has 21 heavy (non-hydrogen) atoms. The van der Waals surface area contributed by atoms with Crippen molar-refractivity contribution in [3.63, 3.8) is 0 Å². The van der Waals surface area contributed by atoms with Crippen LogP contribution in [0, 0.1) is 0 Å². The molecular weight excluding hydrogens is 264 g/mol. The van der Waals surface area contributed by atoms with Crippen LogP contribution in [0.2, 0.25) is 0 Å². The van der Waals surface area contributed by atoms with E-state index in [2.05, 4.69) is 4.98 Å². The van der Waals surface area contributed by atoms with Gasteiger partial charge in [0, 0.05) is 12.5 Å². The molecule has 0 saturated carbocycles. The van der Waals surface area contributed by atoms with E-state index in [1.54, 1.807) is 0 Å². The lowest BCUT2D eigenvalue weighted by molar-refractivity contribution is 0.340. The Kier molecular flexibility index (Phi) is 3.88. The van der Waals surface area contributed by atoms with Crippen molar-refractivity contribution in [1.82, 2.24) is 4.98 Å². The monoisotopic (exact) mass is 282 g/mol. The number of hydrogen-bond acceptors (Lipinski definition) is 4. The van der Waals surface area contributed by atoms with Crippen LogP contribution in [-0.2, 0) is 6.42 Å². The van der Waals surface area contributed by atoms with Gasteiger partial charge in [-0.2, -0.15) is 0 Å². The second kappa shape index (κ2) is 5.97. The van der Waals surface area contributed by atoms with Crippen LogP contribution in [-0.4, -0.2) is 11.6 Å². The SMILES string of the molecule is CCOc1ccc(C(N)Cc2nc3ccccc3o2)cc1. The van der Waals surface area contributed by atoms with Crippen molar-refractivity contribution in [2.45, 2.75) is 19.4 Å². The third-order valence-corrected chi connectivity index (χ3v) is 3.35. The van der Waals surface area contributed by atoms with Crippen LogP contribution in [0.25, 0.3) is 11.1 Å². The minimum absolute atomic E-state index is 0.145. The molecule has 0 aliphatic rings. The molecule has 1 unspecified atom stereocenters. The fourth-order valence-electron chi connectivity index (χ4n) is 2.29. The van der Waals surface area contributed by atoms with E-state index in [0.717, 1.165) is 22.4 Å². The van der Waals surface area contributed by atoms with Crippen molar-refractivity contribution < 1.29 is 9.15 Å². The molecule has 2 N–H and O–H groups in total. The molecule has 3 rings (SSSR count). The molecule has 0 spiro atoms. The van der Waals surface area contributed by atoms with Crippen molar-refractivity contribution in [2.24, 2.45) is 5.73 Å². The van der Waals surface area contributed by atoms with E-state index in [1.807, 2.05) is 55.5 Å². The van der Waals surface area contributed by atoms with E-state index in [-0.39, 0.29) is 6.04 Å². The highest BCUT2D eigenvalue weighted by atomic mass is 16.5. The average Bonchev–Trinajstić information content (AvgIpc) is 2.90. The first-order chi connectivity index (χ1) is 10.3. The molecule has 0 fully saturated rings. The van der Waals surface area contributed by atoms with Crippen molar-refractivity contribution in [3.05, 3.63) is 60.0 Å². The summed E-state index contributed by atoms with van der Waals surface area (Å²) in [4.78, 5) is 4.45. The van der Waals surface area contributed by atoms with Gasteiger partial charge in [-0.1, -0.05) is 24.3 Å². The van der Waals surface area contributed by atoms with Crippen molar-refractivity contribution in [1.29, 1.82) is 0 Å². The van der Waals surface area contributed by atoms with Gasteiger partial charge < -0.3 is 14.9 Å². The zero-order valence-corrected chi connectivity index (χ0v) is 12.0. The third kappa shape index (κ3) is 3.06. The summed E-state index contributed by atoms with van der Waals surface area (Å²) in [5.74, 6) is 1.52. The van der Waals surface area contributed by atoms with E-state index < -0.39 is 0 Å². The van der Waals surface area contributed by atoms with Crippen molar-refractivity contribution >= 4 is 11.1 Å². The van der Waals surface area contributed by atoms with E-state index in [1.165, 1.54) is 0 Å². The molecule has 0 amide bonds. The molecule has 1 aromatic heterocycles. The zero-order chi connectivity index (χ0) is 14.7. The maximum Gasteiger partial charge on any atom is 0.197 e. The number of ether oxygens (including phenoxy) is 1. The van der Waals surface area contributed by atoms with E-state index in [0.29, 0.717) is 18.9 Å². The molecule has 0 bridgehead atoms. The highest BCUT2D eigenvalue weighted by Gasteiger charge is 2.12. The average molecular weight is 282 g/mol. The van der Waals surface area contributed by atoms with Crippen molar-refractivity contribution in [2.75, 3.05) is 6.61 Å². The second-order valence-corrected chi connectivity index (χ2v) is 4.89. The number of hydrogen-bond donors (Lipinski definition) is 1. The number of benzene rings is 2. The smallest absolute Gasteiger partial charge is 0.197 e. The molecule has 1 atom stereocenters. The number of oxazole rings is 1. The van der Waals surface area contributed by atoms with Gasteiger partial charge in [0.2, 0.25) is 0 Å². The van der Waals surface area contributed by atoms with Crippen LogP contribution in [0.15, 0.2) is 52.9 Å². The van der Waals surface area contributed by atoms with Gasteiger partial charge >= 0.3 is 0 Å². The Balaban J connectivity index is 1.74. The first kappa shape index (κ1) is 13.6. The van der Waals surface area contributed by atoms with E-state index in [4.69, 9.17) is 14.9 Å². The standard InChI is InChI=1S/C17H18N2O2/c1-2-20-13-9-7-12(8-10-13)14(18)11-17-19-15-5-3-4-6-16(15)21-17/h3-10,14H,2,11,18H2,1H3. The van der Waals surface area contributed by atoms with Gasteiger partial charge in [0.25, 0.3) is 0 Å². The van der Waals surface area contributed by atoms with Crippen LogP contribution in [0.1, 0.15) is 24.4 Å². The minimum atomic E-state index is -0.145. The molecule has 3 aromatic rings. The largest absolute Gasteiger partial charge is 0.494 e. The number of rotatable bonds is 5. The van der Waals surface area contributed by atoms with Gasteiger partial charge in [-0.15, -0.1) is 0 Å². The number of nitrogens with zero attached hydrogens (tertiary/aromatic N) is 1. The number of fused-ring (bicyclic) bond motifs is 1. The van der Waals surface area contributed by atoms with Gasteiger partial charge in [-0.05, 0) is 36.8 Å². The summed E-state index contributed by atoms with van der Waals surface area (Å²) in [6.07, 6.45) is 0.572. The summed E-state index contributed by atoms with van der Waals surface area (Å²) in [6.45, 7) is 2.63. The van der Waals surface area contributed by atoms with E-state index in [9.17, 15) is 0 Å². The Morgan fingerprint density at radius 3 is 2.62 bits per heavy atom. The topological polar surface area (TPSA) is 61.3 Å². The van der Waals surface area contributed by atoms with Crippen LogP contribution in [0.4, 0.5) is 0 Å². The molecule has 0 aliphatic heterocycles. The highest BCUT2D eigenvalue weighted by molar-refractivity contribution is 5.72. The molecule has 108 valence electrons. The predicted molar refractivity (Wildman–Crippen MR) is 82.3 cm³/mol. The predicted octanol–water partition coefficient (Wildman–Crippen LogP) is 3.47. The fourth-order valence-corrected chi connectivity index (χ4v) is 2.29. The Hall–Kier alpha value is -2.33. The van der Waals surface area contributed by atoms with Gasteiger partial charge in [0.15, 0.2) is 11.5 Å². The van der Waals surface area contributed by atoms with Crippen molar-refractivity contribution in [3.8, 4) is 5.75 Å². The van der Waals surface area contributed by atoms with Gasteiger partial charge in [-0.25, -0.2) is 4.98 Å². The summed E-state index contributed by atoms with van der Waals surface area (Å²) in [6, 6.07) is 15.4. The molecule has 1 heterocycles. The Labute approximate surface area is 123 Å². The summed E-state index contributed by atoms with van der Waals surface area (Å²) >= 11 is 0. The lowest BCUT2D eigenvalue weighted by Gasteiger charge is -2.10. The number of nitrogens with two attached hydrogens (primary N) is 1. The zero-order valence-electron chi connectivity index (χ0n) is 12.0. The molecule has 0 saturated heterocycles. The Morgan fingerprint density at radius 2 is 1.90 bits per heavy atom. The lowest BCUT2D eigenvalue weighted by Crippen LogP contribution is -2.13. The fraction of sp³-hybridized carbons (Fsp3) is 0.235. The molecule has 4 nitrogen and oxygen atoms in total. The maximum atomic E-state index is 6.23. The molecule has 4 heteroatoms. The van der Waals surface area contributed by atoms with Crippen LogP contribution in [0.3, 0.4) is 0 Å². The van der Waals surface area contributed by atoms with Crippen LogP contribution in [0.5, 0.6) is 5.75 Å². The third-order valence-electron chi connectivity index (χ3n) is 3.35. The minimum Gasteiger partial charge on any atom is -0.494 e.